The van der Waals surface area contributed by atoms with E-state index < -0.39 is 9.84 Å². The predicted molar refractivity (Wildman–Crippen MR) is 117 cm³/mol. The SMILES string of the molecule is C[C@@H](c1ccc(F)cc1)n1c(Cc2ccc(S(C)(=O)=O)cc2)nc2ccc(C#N)cc21. The van der Waals surface area contributed by atoms with Gasteiger partial charge in [-0.25, -0.2) is 17.8 Å². The molecule has 0 saturated heterocycles. The van der Waals surface area contributed by atoms with Crippen LogP contribution in [-0.4, -0.2) is 24.2 Å². The number of fused-ring (bicyclic) bond motifs is 1. The molecule has 0 bridgehead atoms. The lowest BCUT2D eigenvalue weighted by Crippen LogP contribution is -2.11. The summed E-state index contributed by atoms with van der Waals surface area (Å²) < 4.78 is 38.9. The van der Waals surface area contributed by atoms with Crippen LogP contribution in [-0.2, 0) is 16.3 Å². The fraction of sp³-hybridized carbons (Fsp3) is 0.167. The minimum atomic E-state index is -3.26. The molecule has 0 aliphatic rings. The van der Waals surface area contributed by atoms with Gasteiger partial charge in [0.2, 0.25) is 0 Å². The average Bonchev–Trinajstić information content (AvgIpc) is 3.10. The van der Waals surface area contributed by atoms with Crippen LogP contribution in [0.2, 0.25) is 0 Å². The van der Waals surface area contributed by atoms with Gasteiger partial charge >= 0.3 is 0 Å². The van der Waals surface area contributed by atoms with E-state index in [1.807, 2.05) is 17.6 Å². The van der Waals surface area contributed by atoms with Crippen molar-refractivity contribution in [2.75, 3.05) is 6.26 Å². The van der Waals surface area contributed by atoms with Crippen molar-refractivity contribution < 1.29 is 12.8 Å². The Hall–Kier alpha value is -3.50. The lowest BCUT2D eigenvalue weighted by atomic mass is 10.1. The van der Waals surface area contributed by atoms with Crippen molar-refractivity contribution in [2.24, 2.45) is 0 Å². The number of nitriles is 1. The molecular weight excluding hydrogens is 413 g/mol. The normalized spacial score (nSPS) is 12.6. The molecular formula is C24H20FN3O2S. The first kappa shape index (κ1) is 20.8. The predicted octanol–water partition coefficient (Wildman–Crippen LogP) is 4.65. The third-order valence-corrected chi connectivity index (χ3v) is 6.47. The maximum atomic E-state index is 13.4. The van der Waals surface area contributed by atoms with Crippen molar-refractivity contribution in [1.82, 2.24) is 9.55 Å². The molecule has 4 aromatic rings. The van der Waals surface area contributed by atoms with Crippen molar-refractivity contribution in [3.63, 3.8) is 0 Å². The molecule has 31 heavy (non-hydrogen) atoms. The van der Waals surface area contributed by atoms with Gasteiger partial charge in [0.15, 0.2) is 9.84 Å². The van der Waals surface area contributed by atoms with Gasteiger partial charge < -0.3 is 4.57 Å². The molecule has 0 unspecified atom stereocenters. The lowest BCUT2D eigenvalue weighted by molar-refractivity contribution is 0.602. The highest BCUT2D eigenvalue weighted by atomic mass is 32.2. The number of sulfone groups is 1. The molecule has 156 valence electrons. The van der Waals surface area contributed by atoms with E-state index >= 15 is 0 Å². The maximum absolute atomic E-state index is 13.4. The van der Waals surface area contributed by atoms with E-state index in [2.05, 4.69) is 6.07 Å². The summed E-state index contributed by atoms with van der Waals surface area (Å²) in [5.41, 5.74) is 3.94. The molecule has 7 heteroatoms. The van der Waals surface area contributed by atoms with Crippen LogP contribution in [0.1, 0.15) is 35.5 Å². The van der Waals surface area contributed by atoms with Gasteiger partial charge in [-0.2, -0.15) is 5.26 Å². The maximum Gasteiger partial charge on any atom is 0.175 e. The van der Waals surface area contributed by atoms with Gasteiger partial charge in [-0.1, -0.05) is 24.3 Å². The minimum Gasteiger partial charge on any atom is -0.320 e. The van der Waals surface area contributed by atoms with Gasteiger partial charge in [0.05, 0.1) is 33.6 Å². The van der Waals surface area contributed by atoms with Crippen LogP contribution in [0.5, 0.6) is 0 Å². The van der Waals surface area contributed by atoms with E-state index in [1.54, 1.807) is 48.5 Å². The quantitative estimate of drug-likeness (QED) is 0.459. The number of imidazole rings is 1. The van der Waals surface area contributed by atoms with Crippen LogP contribution < -0.4 is 0 Å². The first-order chi connectivity index (χ1) is 14.8. The van der Waals surface area contributed by atoms with Gasteiger partial charge in [-0.3, -0.25) is 0 Å². The fourth-order valence-corrected chi connectivity index (χ4v) is 4.33. The van der Waals surface area contributed by atoms with Crippen molar-refractivity contribution >= 4 is 20.9 Å². The van der Waals surface area contributed by atoms with Crippen molar-refractivity contribution in [2.45, 2.75) is 24.3 Å². The summed E-state index contributed by atoms with van der Waals surface area (Å²) >= 11 is 0. The van der Waals surface area contributed by atoms with Crippen molar-refractivity contribution in [3.05, 3.63) is 95.1 Å². The molecule has 0 saturated carbocycles. The summed E-state index contributed by atoms with van der Waals surface area (Å²) in [6.45, 7) is 2.00. The minimum absolute atomic E-state index is 0.148. The molecule has 0 amide bonds. The Balaban J connectivity index is 1.81. The highest BCUT2D eigenvalue weighted by Gasteiger charge is 2.19. The molecule has 0 aliphatic heterocycles. The Morgan fingerprint density at radius 3 is 2.35 bits per heavy atom. The van der Waals surface area contributed by atoms with E-state index in [1.165, 1.54) is 18.4 Å². The van der Waals surface area contributed by atoms with E-state index in [9.17, 15) is 18.1 Å². The van der Waals surface area contributed by atoms with Crippen LogP contribution in [0.4, 0.5) is 4.39 Å². The topological polar surface area (TPSA) is 75.8 Å². The summed E-state index contributed by atoms with van der Waals surface area (Å²) in [6.07, 6.45) is 1.66. The monoisotopic (exact) mass is 433 g/mol. The number of halogens is 1. The zero-order valence-corrected chi connectivity index (χ0v) is 17.9. The summed E-state index contributed by atoms with van der Waals surface area (Å²) in [5, 5.41) is 9.34. The van der Waals surface area contributed by atoms with Crippen molar-refractivity contribution in [1.29, 1.82) is 5.26 Å². The number of nitrogens with zero attached hydrogens (tertiary/aromatic N) is 3. The smallest absolute Gasteiger partial charge is 0.175 e. The number of benzene rings is 3. The van der Waals surface area contributed by atoms with E-state index in [0.29, 0.717) is 12.0 Å². The third kappa shape index (κ3) is 4.21. The van der Waals surface area contributed by atoms with Crippen LogP contribution in [0, 0.1) is 17.1 Å². The highest BCUT2D eigenvalue weighted by molar-refractivity contribution is 7.90. The van der Waals surface area contributed by atoms with Gasteiger partial charge in [-0.05, 0) is 60.5 Å². The van der Waals surface area contributed by atoms with Gasteiger partial charge in [0, 0.05) is 12.7 Å². The zero-order chi connectivity index (χ0) is 22.2. The molecule has 3 aromatic carbocycles. The van der Waals surface area contributed by atoms with Crippen LogP contribution in [0.25, 0.3) is 11.0 Å². The van der Waals surface area contributed by atoms with Crippen LogP contribution in [0.15, 0.2) is 71.6 Å². The Kier molecular flexibility index (Phi) is 5.34. The summed E-state index contributed by atoms with van der Waals surface area (Å²) in [6, 6.07) is 20.4. The molecule has 5 nitrogen and oxygen atoms in total. The number of hydrogen-bond donors (Lipinski definition) is 0. The zero-order valence-electron chi connectivity index (χ0n) is 17.1. The molecule has 4 rings (SSSR count). The van der Waals surface area contributed by atoms with Crippen LogP contribution >= 0.6 is 0 Å². The Morgan fingerprint density at radius 1 is 1.06 bits per heavy atom. The summed E-state index contributed by atoms with van der Waals surface area (Å²) in [5.74, 6) is 0.471. The van der Waals surface area contributed by atoms with Gasteiger partial charge in [0.1, 0.15) is 11.6 Å². The largest absolute Gasteiger partial charge is 0.320 e. The second kappa shape index (κ2) is 7.97. The number of hydrogen-bond acceptors (Lipinski definition) is 4. The van der Waals surface area contributed by atoms with Crippen LogP contribution in [0.3, 0.4) is 0 Å². The molecule has 0 spiro atoms. The van der Waals surface area contributed by atoms with E-state index in [0.717, 1.165) is 28.0 Å². The lowest BCUT2D eigenvalue weighted by Gasteiger charge is -2.18. The standard InChI is InChI=1S/C24H20FN3O2S/c1-16(19-6-8-20(25)9-7-19)28-23-13-18(15-26)5-12-22(23)27-24(28)14-17-3-10-21(11-4-17)31(2,29)30/h3-13,16H,14H2,1-2H3/t16-/m0/s1. The Bertz CT molecular complexity index is 1400. The highest BCUT2D eigenvalue weighted by Crippen LogP contribution is 2.28. The first-order valence-electron chi connectivity index (χ1n) is 9.71. The summed E-state index contributed by atoms with van der Waals surface area (Å²) in [4.78, 5) is 5.05. The summed E-state index contributed by atoms with van der Waals surface area (Å²) in [7, 11) is -3.26. The second-order valence-electron chi connectivity index (χ2n) is 7.53. The molecule has 0 fully saturated rings. The van der Waals surface area contributed by atoms with Gasteiger partial charge in [-0.15, -0.1) is 0 Å². The Labute approximate surface area is 180 Å². The van der Waals surface area contributed by atoms with Crippen molar-refractivity contribution in [3.8, 4) is 6.07 Å². The first-order valence-corrected chi connectivity index (χ1v) is 11.6. The average molecular weight is 434 g/mol. The number of aromatic nitrogens is 2. The molecule has 0 radical (unpaired) electrons. The third-order valence-electron chi connectivity index (χ3n) is 5.35. The molecule has 1 atom stereocenters. The van der Waals surface area contributed by atoms with Gasteiger partial charge in [0.25, 0.3) is 0 Å². The molecule has 1 heterocycles. The fourth-order valence-electron chi connectivity index (χ4n) is 3.70. The van der Waals surface area contributed by atoms with E-state index in [-0.39, 0.29) is 16.8 Å². The van der Waals surface area contributed by atoms with E-state index in [4.69, 9.17) is 4.98 Å². The molecule has 1 aromatic heterocycles. The Morgan fingerprint density at radius 2 is 1.74 bits per heavy atom. The second-order valence-corrected chi connectivity index (χ2v) is 9.55. The molecule has 0 aliphatic carbocycles. The number of rotatable bonds is 5. The molecule has 0 N–H and O–H groups in total.